The van der Waals surface area contributed by atoms with E-state index in [-0.39, 0.29) is 17.8 Å². The van der Waals surface area contributed by atoms with Gasteiger partial charge < -0.3 is 15.0 Å². The van der Waals surface area contributed by atoms with Crippen molar-refractivity contribution in [3.05, 3.63) is 71.7 Å². The molecule has 8 heteroatoms. The second-order valence-electron chi connectivity index (χ2n) is 9.06. The zero-order valence-corrected chi connectivity index (χ0v) is 20.1. The van der Waals surface area contributed by atoms with E-state index in [1.165, 1.54) is 6.07 Å². The minimum absolute atomic E-state index is 0.0750. The lowest BCUT2D eigenvalue weighted by Crippen LogP contribution is -2.36. The van der Waals surface area contributed by atoms with Gasteiger partial charge in [-0.15, -0.1) is 0 Å². The quantitative estimate of drug-likeness (QED) is 0.431. The van der Waals surface area contributed by atoms with Crippen molar-refractivity contribution in [1.82, 2.24) is 14.8 Å². The van der Waals surface area contributed by atoms with Gasteiger partial charge in [-0.25, -0.2) is 14.1 Å². The van der Waals surface area contributed by atoms with Crippen LogP contribution in [0.25, 0.3) is 22.3 Å². The molecule has 180 valence electrons. The Bertz CT molecular complexity index is 1370. The lowest BCUT2D eigenvalue weighted by Gasteiger charge is -2.29. The maximum absolute atomic E-state index is 14.9. The summed E-state index contributed by atoms with van der Waals surface area (Å²) < 4.78 is 22.1. The summed E-state index contributed by atoms with van der Waals surface area (Å²) >= 11 is 0. The van der Waals surface area contributed by atoms with E-state index in [0.29, 0.717) is 60.0 Å². The molecule has 0 aliphatic carbocycles. The molecule has 0 radical (unpaired) electrons. The lowest BCUT2D eigenvalue weighted by molar-refractivity contribution is 0.102. The Labute approximate surface area is 203 Å². The molecular formula is C27H28FN5O2. The summed E-state index contributed by atoms with van der Waals surface area (Å²) in [6.07, 6.45) is 1.66. The van der Waals surface area contributed by atoms with E-state index in [0.717, 1.165) is 11.1 Å². The van der Waals surface area contributed by atoms with Crippen molar-refractivity contribution in [2.45, 2.75) is 26.8 Å². The lowest BCUT2D eigenvalue weighted by atomic mass is 10.0. The smallest absolute Gasteiger partial charge is 0.256 e. The van der Waals surface area contributed by atoms with Crippen molar-refractivity contribution in [3.8, 4) is 11.3 Å². The fourth-order valence-electron chi connectivity index (χ4n) is 4.30. The first-order valence-electron chi connectivity index (χ1n) is 11.8. The fraction of sp³-hybridized carbons (Fsp3) is 0.296. The first-order chi connectivity index (χ1) is 16.9. The number of hydrogen-bond acceptors (Lipinski definition) is 5. The standard InChI is InChI=1S/C27H28FN5O2/c1-17(2)33-26-22(16-29-33)21(15-24(31-26)19-6-4-18(3)5-7-19)27(34)30-20-8-9-25(23(28)14-20)32-10-12-35-13-11-32/h4-9,14-17H,10-13H2,1-3H3,(H,30,34). The third-order valence-electron chi connectivity index (χ3n) is 6.21. The van der Waals surface area contributed by atoms with Crippen molar-refractivity contribution in [2.75, 3.05) is 36.5 Å². The van der Waals surface area contributed by atoms with Gasteiger partial charge in [0.25, 0.3) is 5.91 Å². The maximum Gasteiger partial charge on any atom is 0.256 e. The number of fused-ring (bicyclic) bond motifs is 1. The number of morpholine rings is 1. The Morgan fingerprint density at radius 2 is 1.83 bits per heavy atom. The van der Waals surface area contributed by atoms with Gasteiger partial charge in [-0.1, -0.05) is 29.8 Å². The minimum atomic E-state index is -0.377. The molecule has 1 aliphatic heterocycles. The number of hydrogen-bond donors (Lipinski definition) is 1. The first-order valence-corrected chi connectivity index (χ1v) is 11.8. The molecule has 1 saturated heterocycles. The van der Waals surface area contributed by atoms with Crippen molar-refractivity contribution in [1.29, 1.82) is 0 Å². The molecule has 5 rings (SSSR count). The third kappa shape index (κ3) is 4.61. The molecule has 1 amide bonds. The number of carbonyl (C=O) groups excluding carboxylic acids is 1. The van der Waals surface area contributed by atoms with E-state index < -0.39 is 0 Å². The average molecular weight is 474 g/mol. The predicted molar refractivity (Wildman–Crippen MR) is 135 cm³/mol. The minimum Gasteiger partial charge on any atom is -0.378 e. The number of carbonyl (C=O) groups is 1. The van der Waals surface area contributed by atoms with Crippen LogP contribution in [-0.4, -0.2) is 47.0 Å². The summed E-state index contributed by atoms with van der Waals surface area (Å²) in [6.45, 7) is 8.48. The molecule has 1 N–H and O–H groups in total. The topological polar surface area (TPSA) is 72.3 Å². The van der Waals surface area contributed by atoms with Gasteiger partial charge in [0.15, 0.2) is 5.65 Å². The number of nitrogens with one attached hydrogen (secondary N) is 1. The van der Waals surface area contributed by atoms with Crippen LogP contribution in [0.1, 0.15) is 35.8 Å². The van der Waals surface area contributed by atoms with Crippen LogP contribution in [0.15, 0.2) is 54.7 Å². The second kappa shape index (κ2) is 9.46. The van der Waals surface area contributed by atoms with E-state index in [2.05, 4.69) is 10.4 Å². The second-order valence-corrected chi connectivity index (χ2v) is 9.06. The van der Waals surface area contributed by atoms with Crippen molar-refractivity contribution in [3.63, 3.8) is 0 Å². The molecular weight excluding hydrogens is 445 g/mol. The summed E-state index contributed by atoms with van der Waals surface area (Å²) in [5.41, 5.74) is 4.71. The SMILES string of the molecule is Cc1ccc(-c2cc(C(=O)Nc3ccc(N4CCOCC4)c(F)c3)c3cnn(C(C)C)c3n2)cc1. The molecule has 3 heterocycles. The fourth-order valence-corrected chi connectivity index (χ4v) is 4.30. The molecule has 4 aromatic rings. The molecule has 1 aliphatic rings. The van der Waals surface area contributed by atoms with Gasteiger partial charge in [-0.05, 0) is 45.0 Å². The molecule has 35 heavy (non-hydrogen) atoms. The summed E-state index contributed by atoms with van der Waals surface area (Å²) in [5, 5.41) is 7.98. The van der Waals surface area contributed by atoms with Crippen molar-refractivity contribution in [2.24, 2.45) is 0 Å². The molecule has 7 nitrogen and oxygen atoms in total. The predicted octanol–water partition coefficient (Wildman–Crippen LogP) is 5.22. The van der Waals surface area contributed by atoms with Crippen molar-refractivity contribution >= 4 is 28.3 Å². The van der Waals surface area contributed by atoms with E-state index in [9.17, 15) is 9.18 Å². The van der Waals surface area contributed by atoms with Gasteiger partial charge in [-0.3, -0.25) is 4.79 Å². The summed E-state index contributed by atoms with van der Waals surface area (Å²) in [7, 11) is 0. The third-order valence-corrected chi connectivity index (χ3v) is 6.21. The van der Waals surface area contributed by atoms with Crippen LogP contribution in [-0.2, 0) is 4.74 Å². The highest BCUT2D eigenvalue weighted by atomic mass is 19.1. The van der Waals surface area contributed by atoms with Gasteiger partial charge in [0.05, 0.1) is 41.7 Å². The number of halogens is 1. The zero-order valence-electron chi connectivity index (χ0n) is 20.1. The molecule has 2 aromatic heterocycles. The Kier molecular flexibility index (Phi) is 6.21. The number of ether oxygens (including phenoxy) is 1. The van der Waals surface area contributed by atoms with Crippen LogP contribution in [0.5, 0.6) is 0 Å². The van der Waals surface area contributed by atoms with Gasteiger partial charge in [0, 0.05) is 30.4 Å². The van der Waals surface area contributed by atoms with Crippen molar-refractivity contribution < 1.29 is 13.9 Å². The summed E-state index contributed by atoms with van der Waals surface area (Å²) in [4.78, 5) is 20.2. The molecule has 0 unspecified atom stereocenters. The number of nitrogens with zero attached hydrogens (tertiary/aromatic N) is 4. The van der Waals surface area contributed by atoms with Gasteiger partial charge in [0.1, 0.15) is 5.82 Å². The molecule has 0 saturated carbocycles. The molecule has 2 aromatic carbocycles. The monoisotopic (exact) mass is 473 g/mol. The molecule has 0 bridgehead atoms. The van der Waals surface area contributed by atoms with Crippen LogP contribution >= 0.6 is 0 Å². The largest absolute Gasteiger partial charge is 0.378 e. The summed E-state index contributed by atoms with van der Waals surface area (Å²) in [6, 6.07) is 14.6. The van der Waals surface area contributed by atoms with Gasteiger partial charge >= 0.3 is 0 Å². The number of pyridine rings is 1. The normalized spacial score (nSPS) is 14.0. The molecule has 0 atom stereocenters. The number of benzene rings is 2. The number of rotatable bonds is 5. The van der Waals surface area contributed by atoms with Gasteiger partial charge in [0.2, 0.25) is 0 Å². The highest BCUT2D eigenvalue weighted by Gasteiger charge is 2.20. The average Bonchev–Trinajstić information content (AvgIpc) is 3.29. The number of amides is 1. The highest BCUT2D eigenvalue weighted by Crippen LogP contribution is 2.28. The zero-order chi connectivity index (χ0) is 24.5. The highest BCUT2D eigenvalue weighted by molar-refractivity contribution is 6.12. The number of aromatic nitrogens is 3. The Morgan fingerprint density at radius 1 is 1.09 bits per heavy atom. The van der Waals surface area contributed by atoms with E-state index in [1.54, 1.807) is 29.1 Å². The first kappa shape index (κ1) is 23.0. The summed E-state index contributed by atoms with van der Waals surface area (Å²) in [5.74, 6) is -0.717. The van der Waals surface area contributed by atoms with Crippen LogP contribution < -0.4 is 10.2 Å². The molecule has 0 spiro atoms. The Balaban J connectivity index is 1.50. The van der Waals surface area contributed by atoms with Crippen LogP contribution in [0.2, 0.25) is 0 Å². The molecule has 1 fully saturated rings. The van der Waals surface area contributed by atoms with Crippen LogP contribution in [0.3, 0.4) is 0 Å². The van der Waals surface area contributed by atoms with E-state index >= 15 is 0 Å². The van der Waals surface area contributed by atoms with E-state index in [1.807, 2.05) is 49.9 Å². The Hall–Kier alpha value is -3.78. The Morgan fingerprint density at radius 3 is 2.51 bits per heavy atom. The van der Waals surface area contributed by atoms with Crippen LogP contribution in [0, 0.1) is 12.7 Å². The number of anilines is 2. The van der Waals surface area contributed by atoms with E-state index in [4.69, 9.17) is 9.72 Å². The maximum atomic E-state index is 14.9. The van der Waals surface area contributed by atoms with Gasteiger partial charge in [-0.2, -0.15) is 5.10 Å². The van der Waals surface area contributed by atoms with Crippen LogP contribution in [0.4, 0.5) is 15.8 Å². The number of aryl methyl sites for hydroxylation is 1.